The Morgan fingerprint density at radius 1 is 1.03 bits per heavy atom. The Morgan fingerprint density at radius 3 is 2.63 bits per heavy atom. The van der Waals surface area contributed by atoms with Crippen LogP contribution in [0.5, 0.6) is 5.75 Å². The van der Waals surface area contributed by atoms with Crippen LogP contribution in [0.4, 0.5) is 0 Å². The normalized spacial score (nSPS) is 15.4. The first kappa shape index (κ1) is 18.1. The lowest BCUT2D eigenvalue weighted by molar-refractivity contribution is 0.0714. The maximum absolute atomic E-state index is 13.4. The van der Waals surface area contributed by atoms with Crippen LogP contribution in [-0.2, 0) is 6.54 Å². The summed E-state index contributed by atoms with van der Waals surface area (Å²) in [6.45, 7) is 0.323. The molecule has 0 saturated heterocycles. The number of amides is 1. The molecule has 30 heavy (non-hydrogen) atoms. The van der Waals surface area contributed by atoms with Crippen LogP contribution in [0.3, 0.4) is 0 Å². The smallest absolute Gasteiger partial charge is 0.291 e. The fourth-order valence-corrected chi connectivity index (χ4v) is 3.97. The first-order valence-corrected chi connectivity index (χ1v) is 9.57. The molecular formula is C24H18N2O4. The summed E-state index contributed by atoms with van der Waals surface area (Å²) in [5.41, 5.74) is 2.28. The molecule has 0 aliphatic carbocycles. The van der Waals surface area contributed by atoms with Gasteiger partial charge in [-0.05, 0) is 47.5 Å². The summed E-state index contributed by atoms with van der Waals surface area (Å²) in [4.78, 5) is 32.5. The molecule has 0 N–H and O–H groups in total. The molecule has 4 aromatic rings. The van der Waals surface area contributed by atoms with Crippen molar-refractivity contribution in [3.63, 3.8) is 0 Å². The summed E-state index contributed by atoms with van der Waals surface area (Å²) in [5, 5.41) is 0.461. The summed E-state index contributed by atoms with van der Waals surface area (Å²) in [5.74, 6) is 0.445. The minimum absolute atomic E-state index is 0.0978. The van der Waals surface area contributed by atoms with E-state index in [2.05, 4.69) is 4.98 Å². The number of carbonyl (C=O) groups excluding carboxylic acids is 1. The lowest BCUT2D eigenvalue weighted by Gasteiger charge is -2.25. The number of rotatable bonds is 4. The Balaban J connectivity index is 1.74. The highest BCUT2D eigenvalue weighted by molar-refractivity contribution is 5.99. The number of carbonyl (C=O) groups is 1. The van der Waals surface area contributed by atoms with Crippen molar-refractivity contribution >= 4 is 16.9 Å². The van der Waals surface area contributed by atoms with Gasteiger partial charge in [0.05, 0.1) is 24.1 Å². The molecule has 0 bridgehead atoms. The molecule has 2 aromatic carbocycles. The van der Waals surface area contributed by atoms with E-state index >= 15 is 0 Å². The Labute approximate surface area is 172 Å². The van der Waals surface area contributed by atoms with Crippen molar-refractivity contribution in [1.29, 1.82) is 0 Å². The predicted octanol–water partition coefficient (Wildman–Crippen LogP) is 3.94. The largest absolute Gasteiger partial charge is 0.497 e. The van der Waals surface area contributed by atoms with Crippen molar-refractivity contribution in [3.05, 3.63) is 106 Å². The van der Waals surface area contributed by atoms with E-state index in [1.54, 1.807) is 48.7 Å². The van der Waals surface area contributed by atoms with E-state index in [0.717, 1.165) is 11.1 Å². The van der Waals surface area contributed by atoms with Crippen LogP contribution in [0.2, 0.25) is 0 Å². The third-order valence-corrected chi connectivity index (χ3v) is 5.38. The van der Waals surface area contributed by atoms with Crippen molar-refractivity contribution in [2.45, 2.75) is 12.6 Å². The molecule has 2 aromatic heterocycles. The molecular weight excluding hydrogens is 380 g/mol. The van der Waals surface area contributed by atoms with Crippen LogP contribution in [0.1, 0.15) is 33.3 Å². The van der Waals surface area contributed by atoms with Crippen molar-refractivity contribution in [1.82, 2.24) is 9.88 Å². The van der Waals surface area contributed by atoms with Gasteiger partial charge in [-0.25, -0.2) is 0 Å². The number of benzene rings is 2. The molecule has 5 rings (SSSR count). The lowest BCUT2D eigenvalue weighted by Crippen LogP contribution is -2.29. The van der Waals surface area contributed by atoms with E-state index in [9.17, 15) is 9.59 Å². The number of para-hydroxylation sites is 1. The van der Waals surface area contributed by atoms with E-state index in [0.29, 0.717) is 28.8 Å². The molecule has 0 saturated carbocycles. The second-order valence-electron chi connectivity index (χ2n) is 7.14. The number of hydrogen-bond donors (Lipinski definition) is 0. The maximum atomic E-state index is 13.4. The topological polar surface area (TPSA) is 72.6 Å². The fourth-order valence-electron chi connectivity index (χ4n) is 3.97. The Morgan fingerprint density at radius 2 is 1.83 bits per heavy atom. The highest BCUT2D eigenvalue weighted by Gasteiger charge is 2.42. The standard InChI is InChI=1S/C24H18N2O4/c1-29-17-6-4-5-16(13-17)21-20-22(27)18-7-2-3-8-19(18)30-23(20)24(28)26(21)14-15-9-11-25-12-10-15/h2-13,21H,14H2,1H3/t21-/m0/s1. The van der Waals surface area contributed by atoms with Gasteiger partial charge in [0, 0.05) is 18.9 Å². The van der Waals surface area contributed by atoms with E-state index in [1.165, 1.54) is 0 Å². The molecule has 6 nitrogen and oxygen atoms in total. The van der Waals surface area contributed by atoms with Gasteiger partial charge >= 0.3 is 0 Å². The van der Waals surface area contributed by atoms with E-state index < -0.39 is 6.04 Å². The van der Waals surface area contributed by atoms with Crippen LogP contribution < -0.4 is 10.2 Å². The van der Waals surface area contributed by atoms with Crippen LogP contribution >= 0.6 is 0 Å². The highest BCUT2D eigenvalue weighted by atomic mass is 16.5. The van der Waals surface area contributed by atoms with Crippen LogP contribution in [0.15, 0.2) is 82.3 Å². The minimum atomic E-state index is -0.573. The molecule has 6 heteroatoms. The van der Waals surface area contributed by atoms with Gasteiger partial charge in [-0.1, -0.05) is 24.3 Å². The molecule has 1 amide bonds. The van der Waals surface area contributed by atoms with Crippen molar-refractivity contribution in [2.24, 2.45) is 0 Å². The zero-order chi connectivity index (χ0) is 20.7. The van der Waals surface area contributed by atoms with Gasteiger partial charge in [0.15, 0.2) is 5.43 Å². The monoisotopic (exact) mass is 398 g/mol. The summed E-state index contributed by atoms with van der Waals surface area (Å²) >= 11 is 0. The van der Waals surface area contributed by atoms with Gasteiger partial charge in [-0.2, -0.15) is 0 Å². The summed E-state index contributed by atoms with van der Waals surface area (Å²) in [6.07, 6.45) is 3.36. The maximum Gasteiger partial charge on any atom is 0.291 e. The van der Waals surface area contributed by atoms with Gasteiger partial charge in [0.1, 0.15) is 11.3 Å². The van der Waals surface area contributed by atoms with Gasteiger partial charge in [-0.15, -0.1) is 0 Å². The number of methoxy groups -OCH3 is 1. The van der Waals surface area contributed by atoms with E-state index in [-0.39, 0.29) is 17.1 Å². The van der Waals surface area contributed by atoms with Crippen LogP contribution in [0, 0.1) is 0 Å². The van der Waals surface area contributed by atoms with Crippen LogP contribution in [-0.4, -0.2) is 22.9 Å². The zero-order valence-corrected chi connectivity index (χ0v) is 16.2. The number of fused-ring (bicyclic) bond motifs is 2. The van der Waals surface area contributed by atoms with Gasteiger partial charge in [-0.3, -0.25) is 14.6 Å². The number of ether oxygens (including phenoxy) is 1. The summed E-state index contributed by atoms with van der Waals surface area (Å²) in [7, 11) is 1.59. The molecule has 1 aliphatic rings. The van der Waals surface area contributed by atoms with Gasteiger partial charge in [0.25, 0.3) is 5.91 Å². The summed E-state index contributed by atoms with van der Waals surface area (Å²) in [6, 6.07) is 17.6. The third kappa shape index (κ3) is 2.85. The average Bonchev–Trinajstić information content (AvgIpc) is 3.06. The number of nitrogens with zero attached hydrogens (tertiary/aromatic N) is 2. The van der Waals surface area contributed by atoms with Gasteiger partial charge < -0.3 is 14.1 Å². The number of aromatic nitrogens is 1. The van der Waals surface area contributed by atoms with Crippen molar-refractivity contribution in [3.8, 4) is 5.75 Å². The zero-order valence-electron chi connectivity index (χ0n) is 16.2. The Hall–Kier alpha value is -3.93. The van der Waals surface area contributed by atoms with Crippen molar-refractivity contribution in [2.75, 3.05) is 7.11 Å². The average molecular weight is 398 g/mol. The Kier molecular flexibility index (Phi) is 4.32. The molecule has 0 unspecified atom stereocenters. The minimum Gasteiger partial charge on any atom is -0.497 e. The molecule has 0 radical (unpaired) electrons. The molecule has 148 valence electrons. The molecule has 1 aliphatic heterocycles. The highest BCUT2D eigenvalue weighted by Crippen LogP contribution is 2.39. The molecule has 3 heterocycles. The molecule has 0 fully saturated rings. The third-order valence-electron chi connectivity index (χ3n) is 5.38. The van der Waals surface area contributed by atoms with Crippen LogP contribution in [0.25, 0.3) is 11.0 Å². The lowest BCUT2D eigenvalue weighted by atomic mass is 9.98. The number of pyridine rings is 1. The number of hydrogen-bond acceptors (Lipinski definition) is 5. The SMILES string of the molecule is COc1cccc([C@H]2c3c(oc4ccccc4c3=O)C(=O)N2Cc2ccncc2)c1. The molecule has 0 spiro atoms. The first-order valence-electron chi connectivity index (χ1n) is 9.57. The predicted molar refractivity (Wildman–Crippen MR) is 111 cm³/mol. The van der Waals surface area contributed by atoms with E-state index in [1.807, 2.05) is 36.4 Å². The quantitative estimate of drug-likeness (QED) is 0.521. The first-order chi connectivity index (χ1) is 14.7. The van der Waals surface area contributed by atoms with Gasteiger partial charge in [0.2, 0.25) is 5.76 Å². The fraction of sp³-hybridized carbons (Fsp3) is 0.125. The van der Waals surface area contributed by atoms with Crippen molar-refractivity contribution < 1.29 is 13.9 Å². The second-order valence-corrected chi connectivity index (χ2v) is 7.14. The van der Waals surface area contributed by atoms with E-state index in [4.69, 9.17) is 9.15 Å². The summed E-state index contributed by atoms with van der Waals surface area (Å²) < 4.78 is 11.3. The second kappa shape index (κ2) is 7.15. The Bertz CT molecular complexity index is 1310. The molecule has 1 atom stereocenters.